The average molecular weight is 438 g/mol. The van der Waals surface area contributed by atoms with Crippen molar-refractivity contribution >= 4 is 35.0 Å². The topological polar surface area (TPSA) is 39.9 Å². The number of nitrogens with zero attached hydrogens (tertiary/aromatic N) is 3. The summed E-state index contributed by atoms with van der Waals surface area (Å²) in [5, 5.41) is 10.2. The first-order chi connectivity index (χ1) is 13.5. The Kier molecular flexibility index (Phi) is 6.99. The molecular formula is C20H18Cl2FN3OS. The van der Waals surface area contributed by atoms with Crippen molar-refractivity contribution in [1.82, 2.24) is 14.8 Å². The number of benzene rings is 2. The van der Waals surface area contributed by atoms with Gasteiger partial charge in [0.2, 0.25) is 0 Å². The van der Waals surface area contributed by atoms with Gasteiger partial charge in [0, 0.05) is 17.3 Å². The van der Waals surface area contributed by atoms with E-state index >= 15 is 0 Å². The second kappa shape index (κ2) is 9.45. The Morgan fingerprint density at radius 2 is 1.96 bits per heavy atom. The van der Waals surface area contributed by atoms with Crippen LogP contribution in [0.3, 0.4) is 0 Å². The van der Waals surface area contributed by atoms with E-state index in [0.29, 0.717) is 23.1 Å². The van der Waals surface area contributed by atoms with Gasteiger partial charge in [-0.25, -0.2) is 4.39 Å². The number of thioether (sulfide) groups is 1. The fourth-order valence-electron chi connectivity index (χ4n) is 2.55. The molecule has 3 rings (SSSR count). The summed E-state index contributed by atoms with van der Waals surface area (Å²) in [7, 11) is 0. The number of aromatic nitrogens is 3. The van der Waals surface area contributed by atoms with Crippen molar-refractivity contribution in [2.45, 2.75) is 30.5 Å². The number of halogens is 3. The van der Waals surface area contributed by atoms with Gasteiger partial charge in [-0.05, 0) is 42.8 Å². The molecule has 1 aromatic heterocycles. The Morgan fingerprint density at radius 3 is 2.64 bits per heavy atom. The van der Waals surface area contributed by atoms with Crippen LogP contribution in [0.1, 0.15) is 24.4 Å². The van der Waals surface area contributed by atoms with Gasteiger partial charge in [-0.1, -0.05) is 53.2 Å². The van der Waals surface area contributed by atoms with Gasteiger partial charge in [0.15, 0.2) is 17.1 Å². The first-order valence-corrected chi connectivity index (χ1v) is 10.2. The van der Waals surface area contributed by atoms with E-state index in [1.54, 1.807) is 17.8 Å². The summed E-state index contributed by atoms with van der Waals surface area (Å²) in [6, 6.07) is 11.7. The average Bonchev–Trinajstić information content (AvgIpc) is 3.07. The van der Waals surface area contributed by atoms with Crippen LogP contribution in [0.15, 0.2) is 60.3 Å². The summed E-state index contributed by atoms with van der Waals surface area (Å²) in [6.45, 7) is 6.19. The van der Waals surface area contributed by atoms with Gasteiger partial charge < -0.3 is 4.74 Å². The summed E-state index contributed by atoms with van der Waals surface area (Å²) in [6.07, 6.45) is 1.34. The predicted octanol–water partition coefficient (Wildman–Crippen LogP) is 6.34. The molecule has 2 aromatic carbocycles. The van der Waals surface area contributed by atoms with E-state index in [-0.39, 0.29) is 5.02 Å². The monoisotopic (exact) mass is 437 g/mol. The molecule has 4 nitrogen and oxygen atoms in total. The van der Waals surface area contributed by atoms with Crippen molar-refractivity contribution < 1.29 is 9.13 Å². The molecule has 0 aliphatic rings. The summed E-state index contributed by atoms with van der Waals surface area (Å²) in [5.74, 6) is 1.34. The molecule has 28 heavy (non-hydrogen) atoms. The van der Waals surface area contributed by atoms with Crippen molar-refractivity contribution in [3.8, 4) is 5.75 Å². The maximum Gasteiger partial charge on any atom is 0.191 e. The molecule has 0 radical (unpaired) electrons. The lowest BCUT2D eigenvalue weighted by molar-refractivity contribution is 0.210. The largest absolute Gasteiger partial charge is 0.481 e. The molecule has 0 saturated heterocycles. The highest BCUT2D eigenvalue weighted by molar-refractivity contribution is 7.98. The van der Waals surface area contributed by atoms with Crippen molar-refractivity contribution in [1.29, 1.82) is 0 Å². The van der Waals surface area contributed by atoms with Crippen LogP contribution in [-0.4, -0.2) is 14.8 Å². The van der Waals surface area contributed by atoms with Crippen LogP contribution in [-0.2, 0) is 12.3 Å². The lowest BCUT2D eigenvalue weighted by atomic mass is 10.2. The van der Waals surface area contributed by atoms with E-state index in [2.05, 4.69) is 16.8 Å². The number of ether oxygens (including phenoxy) is 1. The molecule has 0 aliphatic carbocycles. The molecule has 1 unspecified atom stereocenters. The fraction of sp³-hybridized carbons (Fsp3) is 0.200. The van der Waals surface area contributed by atoms with Gasteiger partial charge in [-0.15, -0.1) is 16.8 Å². The zero-order valence-corrected chi connectivity index (χ0v) is 17.4. The highest BCUT2D eigenvalue weighted by Gasteiger charge is 2.20. The smallest absolute Gasteiger partial charge is 0.191 e. The highest BCUT2D eigenvalue weighted by Crippen LogP contribution is 2.31. The van der Waals surface area contributed by atoms with E-state index in [9.17, 15) is 4.39 Å². The minimum atomic E-state index is -0.430. The van der Waals surface area contributed by atoms with Crippen LogP contribution in [0.2, 0.25) is 10.0 Å². The Hall–Kier alpha value is -2.02. The van der Waals surface area contributed by atoms with Crippen LogP contribution < -0.4 is 4.74 Å². The molecular weight excluding hydrogens is 420 g/mol. The number of hydrogen-bond acceptors (Lipinski definition) is 4. The van der Waals surface area contributed by atoms with E-state index in [0.717, 1.165) is 16.5 Å². The highest BCUT2D eigenvalue weighted by atomic mass is 35.5. The van der Waals surface area contributed by atoms with Crippen molar-refractivity contribution in [3.05, 3.63) is 82.4 Å². The van der Waals surface area contributed by atoms with E-state index < -0.39 is 11.9 Å². The molecule has 0 bridgehead atoms. The van der Waals surface area contributed by atoms with Gasteiger partial charge in [0.05, 0.1) is 5.02 Å². The van der Waals surface area contributed by atoms with Crippen molar-refractivity contribution in [2.75, 3.05) is 0 Å². The van der Waals surface area contributed by atoms with Gasteiger partial charge in [-0.3, -0.25) is 4.57 Å². The van der Waals surface area contributed by atoms with E-state index in [1.165, 1.54) is 18.2 Å². The van der Waals surface area contributed by atoms with Crippen LogP contribution in [0.5, 0.6) is 5.75 Å². The van der Waals surface area contributed by atoms with Gasteiger partial charge in [0.1, 0.15) is 11.6 Å². The Labute approximate surface area is 177 Å². The third-order valence-electron chi connectivity index (χ3n) is 3.90. The molecule has 0 aliphatic heterocycles. The number of rotatable bonds is 8. The van der Waals surface area contributed by atoms with Crippen molar-refractivity contribution in [3.63, 3.8) is 0 Å². The molecule has 0 fully saturated rings. The minimum Gasteiger partial charge on any atom is -0.481 e. The van der Waals surface area contributed by atoms with Crippen LogP contribution in [0.25, 0.3) is 0 Å². The molecule has 0 amide bonds. The summed E-state index contributed by atoms with van der Waals surface area (Å²) in [4.78, 5) is 0. The van der Waals surface area contributed by atoms with Crippen molar-refractivity contribution in [2.24, 2.45) is 0 Å². The molecule has 0 saturated carbocycles. The lowest BCUT2D eigenvalue weighted by Crippen LogP contribution is -2.12. The second-order valence-electron chi connectivity index (χ2n) is 5.99. The van der Waals surface area contributed by atoms with E-state index in [4.69, 9.17) is 27.9 Å². The first-order valence-electron chi connectivity index (χ1n) is 8.51. The third-order valence-corrected chi connectivity index (χ3v) is 5.48. The van der Waals surface area contributed by atoms with Crippen LogP contribution in [0, 0.1) is 5.82 Å². The fourth-order valence-corrected chi connectivity index (χ4v) is 3.80. The number of allylic oxidation sites excluding steroid dienone is 1. The second-order valence-corrected chi connectivity index (χ2v) is 7.78. The van der Waals surface area contributed by atoms with Crippen LogP contribution in [0.4, 0.5) is 4.39 Å². The molecule has 1 atom stereocenters. The molecule has 0 spiro atoms. The first kappa shape index (κ1) is 20.7. The van der Waals surface area contributed by atoms with Gasteiger partial charge >= 0.3 is 0 Å². The Balaban J connectivity index is 1.77. The van der Waals surface area contributed by atoms with Gasteiger partial charge in [-0.2, -0.15) is 0 Å². The molecule has 0 N–H and O–H groups in total. The predicted molar refractivity (Wildman–Crippen MR) is 112 cm³/mol. The van der Waals surface area contributed by atoms with Crippen LogP contribution >= 0.6 is 35.0 Å². The van der Waals surface area contributed by atoms with Gasteiger partial charge in [0.25, 0.3) is 0 Å². The van der Waals surface area contributed by atoms with E-state index in [1.807, 2.05) is 35.8 Å². The minimum absolute atomic E-state index is 0.207. The molecule has 3 aromatic rings. The molecule has 146 valence electrons. The standard InChI is InChI=1S/C20H18Cl2FN3OS/c1-3-10-26-19(13(2)27-18-9-8-16(23)11-17(18)22)24-25-20(26)28-12-14-4-6-15(21)7-5-14/h3-9,11,13H,1,10,12H2,2H3. The quantitative estimate of drug-likeness (QED) is 0.304. The Morgan fingerprint density at radius 1 is 1.21 bits per heavy atom. The zero-order valence-electron chi connectivity index (χ0n) is 15.1. The SMILES string of the molecule is C=CCn1c(SCc2ccc(Cl)cc2)nnc1C(C)Oc1ccc(F)cc1Cl. The Bertz CT molecular complexity index is 963. The maximum atomic E-state index is 13.2. The normalized spacial score (nSPS) is 12.0. The summed E-state index contributed by atoms with van der Waals surface area (Å²) < 4.78 is 21.1. The summed E-state index contributed by atoms with van der Waals surface area (Å²) >= 11 is 13.6. The maximum absolute atomic E-state index is 13.2. The third kappa shape index (κ3) is 5.07. The zero-order chi connectivity index (χ0) is 20.1. The lowest BCUT2D eigenvalue weighted by Gasteiger charge is -2.16. The molecule has 1 heterocycles. The number of hydrogen-bond donors (Lipinski definition) is 0. The molecule has 8 heteroatoms. The summed E-state index contributed by atoms with van der Waals surface area (Å²) in [5.41, 5.74) is 1.13.